The van der Waals surface area contributed by atoms with E-state index in [1.807, 2.05) is 0 Å². The summed E-state index contributed by atoms with van der Waals surface area (Å²) >= 11 is 0. The zero-order valence-corrected chi connectivity index (χ0v) is 30.0. The summed E-state index contributed by atoms with van der Waals surface area (Å²) in [6.45, 7) is 4.54. The van der Waals surface area contributed by atoms with E-state index < -0.39 is 23.9 Å². The Morgan fingerprint density at radius 2 is 0.435 bits per heavy atom. The predicted molar refractivity (Wildman–Crippen MR) is 190 cm³/mol. The average molecular weight is 659 g/mol. The number of carboxylic acid groups (broad SMARTS) is 4. The first-order chi connectivity index (χ1) is 22.2. The predicted octanol–water partition coefficient (Wildman–Crippen LogP) is 11.8. The van der Waals surface area contributed by atoms with Crippen LogP contribution in [0.1, 0.15) is 219 Å². The highest BCUT2D eigenvalue weighted by atomic mass is 16.4. The van der Waals surface area contributed by atoms with Crippen LogP contribution in [0.4, 0.5) is 0 Å². The molecule has 274 valence electrons. The molecule has 8 nitrogen and oxygen atoms in total. The highest BCUT2D eigenvalue weighted by molar-refractivity contribution is 6.27. The van der Waals surface area contributed by atoms with Crippen molar-refractivity contribution in [1.82, 2.24) is 0 Å². The Hall–Kier alpha value is -2.12. The lowest BCUT2D eigenvalue weighted by molar-refractivity contribution is -0.159. The van der Waals surface area contributed by atoms with Gasteiger partial charge in [0, 0.05) is 12.8 Å². The molecule has 0 atom stereocenters. The van der Waals surface area contributed by atoms with E-state index in [0.29, 0.717) is 12.8 Å². The van der Waals surface area contributed by atoms with E-state index in [0.717, 1.165) is 25.7 Å². The van der Waals surface area contributed by atoms with Crippen LogP contribution in [0.2, 0.25) is 0 Å². The maximum absolute atomic E-state index is 10.3. The van der Waals surface area contributed by atoms with Gasteiger partial charge in [-0.2, -0.15) is 0 Å². The fourth-order valence-corrected chi connectivity index (χ4v) is 5.30. The van der Waals surface area contributed by atoms with Crippen LogP contribution in [0.25, 0.3) is 0 Å². The van der Waals surface area contributed by atoms with Gasteiger partial charge in [0.15, 0.2) is 0 Å². The van der Waals surface area contributed by atoms with Crippen LogP contribution < -0.4 is 0 Å². The minimum Gasteiger partial charge on any atom is -0.481 e. The SMILES string of the molecule is CCCCCCCCCCCCCCCCCC(=O)O.CCCCCCCCCCCCCCCCCC(=O)O.O=C(O)C(=O)O. The summed E-state index contributed by atoms with van der Waals surface area (Å²) in [6, 6.07) is 0. The van der Waals surface area contributed by atoms with E-state index in [9.17, 15) is 9.59 Å². The second-order valence-corrected chi connectivity index (χ2v) is 12.8. The maximum Gasteiger partial charge on any atom is 0.414 e. The fourth-order valence-electron chi connectivity index (χ4n) is 5.30. The molecule has 0 saturated heterocycles. The Balaban J connectivity index is -0.000000682. The minimum absolute atomic E-state index is 0.345. The highest BCUT2D eigenvalue weighted by Gasteiger charge is 2.04. The molecule has 0 aliphatic rings. The summed E-state index contributed by atoms with van der Waals surface area (Å²) in [7, 11) is 0. The average Bonchev–Trinajstić information content (AvgIpc) is 3.01. The molecule has 0 aromatic carbocycles. The normalized spacial score (nSPS) is 10.4. The van der Waals surface area contributed by atoms with Crippen LogP contribution in [0.3, 0.4) is 0 Å². The first kappa shape index (κ1) is 48.3. The van der Waals surface area contributed by atoms with Gasteiger partial charge in [-0.3, -0.25) is 9.59 Å². The molecule has 4 N–H and O–H groups in total. The summed E-state index contributed by atoms with van der Waals surface area (Å²) in [5, 5.41) is 31.8. The van der Waals surface area contributed by atoms with Gasteiger partial charge in [0.2, 0.25) is 0 Å². The molecular formula is C38H74O8. The Kier molecular flexibility index (Phi) is 45.0. The molecule has 0 spiro atoms. The Bertz CT molecular complexity index is 609. The van der Waals surface area contributed by atoms with Crippen molar-refractivity contribution in [3.63, 3.8) is 0 Å². The molecule has 0 fully saturated rings. The highest BCUT2D eigenvalue weighted by Crippen LogP contribution is 2.15. The quantitative estimate of drug-likeness (QED) is 0.0412. The number of hydrogen-bond donors (Lipinski definition) is 4. The lowest BCUT2D eigenvalue weighted by atomic mass is 10.0. The molecular weight excluding hydrogens is 584 g/mol. The van der Waals surface area contributed by atoms with Gasteiger partial charge >= 0.3 is 23.9 Å². The maximum atomic E-state index is 10.3. The largest absolute Gasteiger partial charge is 0.481 e. The monoisotopic (exact) mass is 659 g/mol. The molecule has 8 heteroatoms. The van der Waals surface area contributed by atoms with Gasteiger partial charge in [0.1, 0.15) is 0 Å². The molecule has 0 saturated carbocycles. The number of rotatable bonds is 32. The molecule has 0 bridgehead atoms. The molecule has 0 aliphatic carbocycles. The summed E-state index contributed by atoms with van der Waals surface area (Å²) in [5.74, 6) is -4.95. The van der Waals surface area contributed by atoms with Gasteiger partial charge < -0.3 is 20.4 Å². The van der Waals surface area contributed by atoms with E-state index in [1.165, 1.54) is 167 Å². The topological polar surface area (TPSA) is 149 Å². The molecule has 46 heavy (non-hydrogen) atoms. The molecule has 0 unspecified atom stereocenters. The Morgan fingerprint density at radius 3 is 0.565 bits per heavy atom. The number of aliphatic carboxylic acids is 4. The summed E-state index contributed by atoms with van der Waals surface area (Å²) in [5.41, 5.74) is 0. The van der Waals surface area contributed by atoms with Crippen molar-refractivity contribution in [2.24, 2.45) is 0 Å². The fraction of sp³-hybridized carbons (Fsp3) is 0.895. The van der Waals surface area contributed by atoms with Gasteiger partial charge in [-0.05, 0) is 12.8 Å². The van der Waals surface area contributed by atoms with Crippen LogP contribution in [-0.4, -0.2) is 44.3 Å². The summed E-state index contributed by atoms with van der Waals surface area (Å²) in [4.78, 5) is 38.9. The Morgan fingerprint density at radius 1 is 0.283 bits per heavy atom. The zero-order chi connectivity index (χ0) is 34.9. The second-order valence-electron chi connectivity index (χ2n) is 12.8. The van der Waals surface area contributed by atoms with Crippen molar-refractivity contribution in [2.45, 2.75) is 219 Å². The van der Waals surface area contributed by atoms with E-state index >= 15 is 0 Å². The molecule has 0 amide bonds. The number of unbranched alkanes of at least 4 members (excludes halogenated alkanes) is 28. The van der Waals surface area contributed by atoms with Crippen molar-refractivity contribution >= 4 is 23.9 Å². The smallest absolute Gasteiger partial charge is 0.414 e. The van der Waals surface area contributed by atoms with Gasteiger partial charge in [0.25, 0.3) is 0 Å². The number of carboxylic acids is 4. The molecule has 0 aromatic heterocycles. The lowest BCUT2D eigenvalue weighted by Gasteiger charge is -2.03. The third-order valence-corrected chi connectivity index (χ3v) is 8.17. The van der Waals surface area contributed by atoms with E-state index in [-0.39, 0.29) is 0 Å². The molecule has 0 rings (SSSR count). The van der Waals surface area contributed by atoms with Crippen LogP contribution in [0.5, 0.6) is 0 Å². The van der Waals surface area contributed by atoms with Gasteiger partial charge in [-0.15, -0.1) is 0 Å². The van der Waals surface area contributed by atoms with Gasteiger partial charge in [-0.25, -0.2) is 9.59 Å². The molecule has 0 heterocycles. The number of hydrogen-bond acceptors (Lipinski definition) is 4. The molecule has 0 aromatic rings. The van der Waals surface area contributed by atoms with Crippen molar-refractivity contribution in [1.29, 1.82) is 0 Å². The third-order valence-electron chi connectivity index (χ3n) is 8.17. The van der Waals surface area contributed by atoms with Crippen molar-refractivity contribution < 1.29 is 39.6 Å². The Labute approximate surface area is 282 Å². The van der Waals surface area contributed by atoms with Crippen molar-refractivity contribution in [3.8, 4) is 0 Å². The summed E-state index contributed by atoms with van der Waals surface area (Å²) in [6.07, 6.45) is 40.4. The number of carbonyl (C=O) groups is 4. The summed E-state index contributed by atoms with van der Waals surface area (Å²) < 4.78 is 0. The zero-order valence-electron chi connectivity index (χ0n) is 30.0. The van der Waals surface area contributed by atoms with E-state index in [1.54, 1.807) is 0 Å². The molecule has 0 radical (unpaired) electrons. The van der Waals surface area contributed by atoms with Gasteiger partial charge in [-0.1, -0.05) is 194 Å². The molecule has 0 aliphatic heterocycles. The van der Waals surface area contributed by atoms with Crippen LogP contribution >= 0.6 is 0 Å². The van der Waals surface area contributed by atoms with Gasteiger partial charge in [0.05, 0.1) is 0 Å². The van der Waals surface area contributed by atoms with Crippen molar-refractivity contribution in [2.75, 3.05) is 0 Å². The third kappa shape index (κ3) is 54.4. The lowest BCUT2D eigenvalue weighted by Crippen LogP contribution is -2.09. The van der Waals surface area contributed by atoms with E-state index in [4.69, 9.17) is 30.0 Å². The van der Waals surface area contributed by atoms with Crippen LogP contribution in [0.15, 0.2) is 0 Å². The second kappa shape index (κ2) is 42.9. The minimum atomic E-state index is -1.82. The van der Waals surface area contributed by atoms with Crippen LogP contribution in [-0.2, 0) is 19.2 Å². The first-order valence-corrected chi connectivity index (χ1v) is 19.1. The first-order valence-electron chi connectivity index (χ1n) is 19.1. The standard InChI is InChI=1S/2C18H36O2.C2H2O4/c2*1-2-3-4-5-6-7-8-9-10-11-12-13-14-15-16-17-18(19)20;3-1(4)2(5)6/h2*2-17H2,1H3,(H,19,20);(H,3,4)(H,5,6). The van der Waals surface area contributed by atoms with Crippen LogP contribution in [0, 0.1) is 0 Å². The van der Waals surface area contributed by atoms with Crippen molar-refractivity contribution in [3.05, 3.63) is 0 Å². The van der Waals surface area contributed by atoms with E-state index in [2.05, 4.69) is 13.8 Å².